The Bertz CT molecular complexity index is 477. The summed E-state index contributed by atoms with van der Waals surface area (Å²) in [5.41, 5.74) is 4.33. The first kappa shape index (κ1) is 14.2. The predicted octanol–water partition coefficient (Wildman–Crippen LogP) is 2.65. The van der Waals surface area contributed by atoms with Crippen molar-refractivity contribution in [2.45, 2.75) is 19.8 Å². The molecule has 0 aliphatic carbocycles. The Labute approximate surface area is 122 Å². The third-order valence-corrected chi connectivity index (χ3v) is 4.01. The van der Waals surface area contributed by atoms with Gasteiger partial charge >= 0.3 is 0 Å². The molecule has 0 atom stereocenters. The molecule has 1 aromatic carbocycles. The van der Waals surface area contributed by atoms with E-state index in [1.165, 1.54) is 0 Å². The maximum Gasteiger partial charge on any atom is 0.272 e. The number of likely N-dealkylation sites (tertiary alicyclic amines) is 1. The second-order valence-electron chi connectivity index (χ2n) is 4.53. The molecular formula is C14H18BrN3O. The molecule has 0 aromatic heterocycles. The number of amides is 1. The first-order valence-corrected chi connectivity index (χ1v) is 7.32. The van der Waals surface area contributed by atoms with Gasteiger partial charge in [-0.3, -0.25) is 4.79 Å². The number of hydrogen-bond donors (Lipinski definition) is 1. The summed E-state index contributed by atoms with van der Waals surface area (Å²) in [6, 6.07) is 7.35. The van der Waals surface area contributed by atoms with Crippen molar-refractivity contribution in [3.8, 4) is 0 Å². The molecular weight excluding hydrogens is 306 g/mol. The lowest BCUT2D eigenvalue weighted by Gasteiger charge is -2.25. The minimum Gasteiger partial charge on any atom is -0.303 e. The standard InChI is InChI=1S/C14H18BrN3O/c1-2-18-9-7-11(8-10-18)16-17-14(19)12-5-3-4-6-13(12)15/h3-6H,2,7-10H2,1H3,(H,17,19). The van der Waals surface area contributed by atoms with Crippen molar-refractivity contribution in [2.75, 3.05) is 19.6 Å². The number of nitrogens with zero attached hydrogens (tertiary/aromatic N) is 2. The topological polar surface area (TPSA) is 44.7 Å². The lowest BCUT2D eigenvalue weighted by atomic mass is 10.1. The lowest BCUT2D eigenvalue weighted by Crippen LogP contribution is -2.34. The summed E-state index contributed by atoms with van der Waals surface area (Å²) >= 11 is 3.36. The van der Waals surface area contributed by atoms with Crippen LogP contribution in [0.1, 0.15) is 30.1 Å². The van der Waals surface area contributed by atoms with Crippen LogP contribution in [0.4, 0.5) is 0 Å². The van der Waals surface area contributed by atoms with Crippen molar-refractivity contribution in [3.63, 3.8) is 0 Å². The molecule has 1 aliphatic rings. The van der Waals surface area contributed by atoms with Gasteiger partial charge < -0.3 is 4.90 Å². The molecule has 0 unspecified atom stereocenters. The summed E-state index contributed by atoms with van der Waals surface area (Å²) in [6.07, 6.45) is 1.87. The molecule has 0 bridgehead atoms. The molecule has 0 spiro atoms. The van der Waals surface area contributed by atoms with Crippen LogP contribution in [0.3, 0.4) is 0 Å². The van der Waals surface area contributed by atoms with Gasteiger partial charge in [0, 0.05) is 36.1 Å². The van der Waals surface area contributed by atoms with Crippen LogP contribution in [0.25, 0.3) is 0 Å². The zero-order valence-corrected chi connectivity index (χ0v) is 12.6. The van der Waals surface area contributed by atoms with Gasteiger partial charge in [-0.25, -0.2) is 5.43 Å². The Morgan fingerprint density at radius 1 is 1.37 bits per heavy atom. The summed E-state index contributed by atoms with van der Waals surface area (Å²) in [4.78, 5) is 14.4. The Kier molecular flexibility index (Phi) is 5.10. The van der Waals surface area contributed by atoms with E-state index in [9.17, 15) is 4.79 Å². The van der Waals surface area contributed by atoms with E-state index in [-0.39, 0.29) is 5.91 Å². The number of piperidine rings is 1. The molecule has 5 heteroatoms. The zero-order chi connectivity index (χ0) is 13.7. The normalized spacial score (nSPS) is 16.2. The summed E-state index contributed by atoms with van der Waals surface area (Å²) in [5, 5.41) is 4.24. The first-order valence-electron chi connectivity index (χ1n) is 6.53. The number of hydrogen-bond acceptors (Lipinski definition) is 3. The fraction of sp³-hybridized carbons (Fsp3) is 0.429. The minimum absolute atomic E-state index is 0.169. The van der Waals surface area contributed by atoms with Crippen molar-refractivity contribution in [1.82, 2.24) is 10.3 Å². The molecule has 102 valence electrons. The number of halogens is 1. The average Bonchev–Trinajstić information content (AvgIpc) is 2.46. The van der Waals surface area contributed by atoms with Gasteiger partial charge in [0.05, 0.1) is 5.56 Å². The van der Waals surface area contributed by atoms with Gasteiger partial charge in [0.2, 0.25) is 0 Å². The van der Waals surface area contributed by atoms with E-state index in [1.54, 1.807) is 6.07 Å². The van der Waals surface area contributed by atoms with E-state index in [0.29, 0.717) is 5.56 Å². The first-order chi connectivity index (χ1) is 9.20. The molecule has 1 N–H and O–H groups in total. The molecule has 1 saturated heterocycles. The SMILES string of the molecule is CCN1CCC(=NNC(=O)c2ccccc2Br)CC1. The van der Waals surface area contributed by atoms with E-state index >= 15 is 0 Å². The molecule has 19 heavy (non-hydrogen) atoms. The van der Waals surface area contributed by atoms with Gasteiger partial charge in [0.25, 0.3) is 5.91 Å². The van der Waals surface area contributed by atoms with Crippen LogP contribution in [-0.4, -0.2) is 36.2 Å². The highest BCUT2D eigenvalue weighted by atomic mass is 79.9. The van der Waals surface area contributed by atoms with Gasteiger partial charge in [-0.1, -0.05) is 19.1 Å². The number of nitrogens with one attached hydrogen (secondary N) is 1. The summed E-state index contributed by atoms with van der Waals surface area (Å²) < 4.78 is 0.786. The molecule has 1 fully saturated rings. The number of hydrazone groups is 1. The minimum atomic E-state index is -0.169. The van der Waals surface area contributed by atoms with Crippen LogP contribution >= 0.6 is 15.9 Å². The van der Waals surface area contributed by atoms with E-state index in [2.05, 4.69) is 38.3 Å². The van der Waals surface area contributed by atoms with Gasteiger partial charge in [-0.05, 0) is 34.6 Å². The third kappa shape index (κ3) is 3.88. The van der Waals surface area contributed by atoms with Crippen molar-refractivity contribution in [2.24, 2.45) is 5.10 Å². The predicted molar refractivity (Wildman–Crippen MR) is 80.4 cm³/mol. The number of rotatable bonds is 3. The molecule has 0 radical (unpaired) electrons. The Balaban J connectivity index is 1.92. The Morgan fingerprint density at radius 2 is 2.05 bits per heavy atom. The summed E-state index contributed by atoms with van der Waals surface area (Å²) in [5.74, 6) is -0.169. The van der Waals surface area contributed by atoms with Gasteiger partial charge in [0.1, 0.15) is 0 Å². The number of carbonyl (C=O) groups is 1. The quantitative estimate of drug-likeness (QED) is 0.869. The van der Waals surface area contributed by atoms with Crippen LogP contribution in [0.2, 0.25) is 0 Å². The van der Waals surface area contributed by atoms with Crippen molar-refractivity contribution < 1.29 is 4.79 Å². The van der Waals surface area contributed by atoms with E-state index in [1.807, 2.05) is 18.2 Å². The highest BCUT2D eigenvalue weighted by molar-refractivity contribution is 9.10. The average molecular weight is 324 g/mol. The molecule has 1 amide bonds. The molecule has 1 aromatic rings. The summed E-state index contributed by atoms with van der Waals surface area (Å²) in [6.45, 7) is 5.30. The largest absolute Gasteiger partial charge is 0.303 e. The number of benzene rings is 1. The van der Waals surface area contributed by atoms with E-state index in [0.717, 1.165) is 42.7 Å². The van der Waals surface area contributed by atoms with Crippen molar-refractivity contribution in [3.05, 3.63) is 34.3 Å². The Hall–Kier alpha value is -1.20. The molecule has 4 nitrogen and oxygen atoms in total. The van der Waals surface area contributed by atoms with Gasteiger partial charge in [-0.2, -0.15) is 5.10 Å². The second-order valence-corrected chi connectivity index (χ2v) is 5.39. The van der Waals surface area contributed by atoms with E-state index < -0.39 is 0 Å². The monoisotopic (exact) mass is 323 g/mol. The Morgan fingerprint density at radius 3 is 2.68 bits per heavy atom. The van der Waals surface area contributed by atoms with Crippen LogP contribution in [0.5, 0.6) is 0 Å². The van der Waals surface area contributed by atoms with Crippen LogP contribution in [-0.2, 0) is 0 Å². The maximum absolute atomic E-state index is 12.0. The van der Waals surface area contributed by atoms with Crippen LogP contribution in [0.15, 0.2) is 33.8 Å². The maximum atomic E-state index is 12.0. The van der Waals surface area contributed by atoms with E-state index in [4.69, 9.17) is 0 Å². The molecule has 1 aliphatic heterocycles. The smallest absolute Gasteiger partial charge is 0.272 e. The fourth-order valence-electron chi connectivity index (χ4n) is 2.07. The molecule has 2 rings (SSSR count). The van der Waals surface area contributed by atoms with Crippen molar-refractivity contribution in [1.29, 1.82) is 0 Å². The summed E-state index contributed by atoms with van der Waals surface area (Å²) in [7, 11) is 0. The molecule has 0 saturated carbocycles. The van der Waals surface area contributed by atoms with Crippen LogP contribution in [0, 0.1) is 0 Å². The third-order valence-electron chi connectivity index (χ3n) is 3.31. The van der Waals surface area contributed by atoms with Gasteiger partial charge in [-0.15, -0.1) is 0 Å². The molecule has 1 heterocycles. The fourth-order valence-corrected chi connectivity index (χ4v) is 2.54. The van der Waals surface area contributed by atoms with Crippen LogP contribution < -0.4 is 5.43 Å². The van der Waals surface area contributed by atoms with Crippen molar-refractivity contribution >= 4 is 27.5 Å². The highest BCUT2D eigenvalue weighted by Crippen LogP contribution is 2.15. The highest BCUT2D eigenvalue weighted by Gasteiger charge is 2.14. The number of carbonyl (C=O) groups excluding carboxylic acids is 1. The second kappa shape index (κ2) is 6.82. The van der Waals surface area contributed by atoms with Gasteiger partial charge in [0.15, 0.2) is 0 Å². The zero-order valence-electron chi connectivity index (χ0n) is 11.0. The lowest BCUT2D eigenvalue weighted by molar-refractivity contribution is 0.0953.